The molecule has 1 fully saturated rings. The summed E-state index contributed by atoms with van der Waals surface area (Å²) in [6, 6.07) is 2.77. The number of rotatable bonds is 3. The van der Waals surface area contributed by atoms with Gasteiger partial charge in [-0.1, -0.05) is 0 Å². The van der Waals surface area contributed by atoms with Gasteiger partial charge in [-0.25, -0.2) is 17.9 Å². The van der Waals surface area contributed by atoms with Crippen LogP contribution in [0.2, 0.25) is 0 Å². The van der Waals surface area contributed by atoms with Crippen LogP contribution in [0.5, 0.6) is 0 Å². The van der Waals surface area contributed by atoms with Gasteiger partial charge in [-0.3, -0.25) is 4.79 Å². The van der Waals surface area contributed by atoms with Gasteiger partial charge in [-0.05, 0) is 24.6 Å². The lowest BCUT2D eigenvalue weighted by Gasteiger charge is -2.23. The molecule has 1 aromatic carbocycles. The first-order chi connectivity index (χ1) is 9.30. The molecule has 2 rings (SSSR count). The Morgan fingerprint density at radius 1 is 1.50 bits per heavy atom. The van der Waals surface area contributed by atoms with Gasteiger partial charge >= 0.3 is 0 Å². The second-order valence-corrected chi connectivity index (χ2v) is 6.18. The van der Waals surface area contributed by atoms with Crippen molar-refractivity contribution in [3.63, 3.8) is 0 Å². The average Bonchev–Trinajstić information content (AvgIpc) is 2.90. The lowest BCUT2D eigenvalue weighted by Crippen LogP contribution is -2.37. The van der Waals surface area contributed by atoms with Crippen molar-refractivity contribution in [1.82, 2.24) is 4.90 Å². The van der Waals surface area contributed by atoms with E-state index >= 15 is 0 Å². The van der Waals surface area contributed by atoms with Crippen molar-refractivity contribution in [1.29, 1.82) is 0 Å². The summed E-state index contributed by atoms with van der Waals surface area (Å²) in [7, 11) is -2.45. The predicted molar refractivity (Wildman–Crippen MR) is 69.1 cm³/mol. The topological polar surface area (TPSA) is 89.7 Å². The van der Waals surface area contributed by atoms with E-state index in [0.29, 0.717) is 19.6 Å². The number of primary sulfonamides is 1. The molecule has 1 aliphatic rings. The maximum atomic E-state index is 13.7. The molecule has 0 saturated carbocycles. The molecule has 1 amide bonds. The van der Waals surface area contributed by atoms with Gasteiger partial charge in [0, 0.05) is 13.7 Å². The molecule has 1 heterocycles. The molecule has 2 N–H and O–H groups in total. The minimum atomic E-state index is -3.98. The molecule has 0 radical (unpaired) electrons. The summed E-state index contributed by atoms with van der Waals surface area (Å²) in [4.78, 5) is 13.3. The Kier molecular flexibility index (Phi) is 4.07. The van der Waals surface area contributed by atoms with Crippen molar-refractivity contribution in [2.24, 2.45) is 5.14 Å². The molecular formula is C12H15FN2O4S. The van der Waals surface area contributed by atoms with E-state index < -0.39 is 21.7 Å². The number of hydrogen-bond donors (Lipinski definition) is 1. The van der Waals surface area contributed by atoms with Gasteiger partial charge < -0.3 is 9.64 Å². The number of hydrogen-bond acceptors (Lipinski definition) is 4. The van der Waals surface area contributed by atoms with Crippen LogP contribution in [0.3, 0.4) is 0 Å². The molecule has 1 aliphatic heterocycles. The first-order valence-electron chi connectivity index (χ1n) is 5.98. The zero-order chi connectivity index (χ0) is 14.9. The highest BCUT2D eigenvalue weighted by molar-refractivity contribution is 7.89. The van der Waals surface area contributed by atoms with Gasteiger partial charge in [0.05, 0.1) is 23.1 Å². The highest BCUT2D eigenvalue weighted by Crippen LogP contribution is 2.19. The van der Waals surface area contributed by atoms with Crippen molar-refractivity contribution in [2.45, 2.75) is 17.4 Å². The number of carbonyl (C=O) groups excluding carboxylic acids is 1. The predicted octanol–water partition coefficient (Wildman–Crippen LogP) is 0.334. The van der Waals surface area contributed by atoms with Crippen LogP contribution in [0.1, 0.15) is 16.8 Å². The average molecular weight is 302 g/mol. The number of nitrogens with zero attached hydrogens (tertiary/aromatic N) is 1. The van der Waals surface area contributed by atoms with E-state index in [4.69, 9.17) is 9.88 Å². The van der Waals surface area contributed by atoms with Gasteiger partial charge in [0.2, 0.25) is 10.0 Å². The highest BCUT2D eigenvalue weighted by atomic mass is 32.2. The van der Waals surface area contributed by atoms with Crippen molar-refractivity contribution < 1.29 is 22.3 Å². The third kappa shape index (κ3) is 2.97. The molecule has 0 aliphatic carbocycles. The lowest BCUT2D eigenvalue weighted by molar-refractivity contribution is 0.0706. The van der Waals surface area contributed by atoms with Crippen LogP contribution < -0.4 is 5.14 Å². The van der Waals surface area contributed by atoms with E-state index in [0.717, 1.165) is 18.2 Å². The fourth-order valence-electron chi connectivity index (χ4n) is 2.03. The molecule has 0 spiro atoms. The standard InChI is InChI=1S/C12H15FN2O4S/c1-15(8-4-5-19-7-8)12(16)10-6-9(20(14,17)18)2-3-11(10)13/h2-3,6,8H,4-5,7H2,1H3,(H2,14,17,18). The largest absolute Gasteiger partial charge is 0.379 e. The van der Waals surface area contributed by atoms with Crippen LogP contribution in [0.4, 0.5) is 4.39 Å². The quantitative estimate of drug-likeness (QED) is 0.871. The minimum absolute atomic E-state index is 0.139. The molecule has 8 heteroatoms. The maximum absolute atomic E-state index is 13.7. The molecule has 1 aromatic rings. The van der Waals surface area contributed by atoms with Gasteiger partial charge in [0.15, 0.2) is 0 Å². The normalized spacial score (nSPS) is 19.1. The van der Waals surface area contributed by atoms with E-state index in [1.165, 1.54) is 11.9 Å². The Bertz CT molecular complexity index is 626. The molecule has 0 bridgehead atoms. The number of nitrogens with two attached hydrogens (primary N) is 1. The number of halogens is 1. The molecule has 0 aromatic heterocycles. The summed E-state index contributed by atoms with van der Waals surface area (Å²) < 4.78 is 41.4. The highest BCUT2D eigenvalue weighted by Gasteiger charge is 2.27. The number of sulfonamides is 1. The third-order valence-electron chi connectivity index (χ3n) is 3.27. The third-order valence-corrected chi connectivity index (χ3v) is 4.18. The summed E-state index contributed by atoms with van der Waals surface area (Å²) in [6.45, 7) is 0.931. The van der Waals surface area contributed by atoms with E-state index in [9.17, 15) is 17.6 Å². The summed E-state index contributed by atoms with van der Waals surface area (Å²) >= 11 is 0. The second-order valence-electron chi connectivity index (χ2n) is 4.62. The summed E-state index contributed by atoms with van der Waals surface area (Å²) in [5, 5.41) is 4.98. The van der Waals surface area contributed by atoms with Crippen molar-refractivity contribution >= 4 is 15.9 Å². The Labute approximate surface area is 116 Å². The molecule has 1 saturated heterocycles. The van der Waals surface area contributed by atoms with E-state index in [1.807, 2.05) is 0 Å². The van der Waals surface area contributed by atoms with Crippen molar-refractivity contribution in [3.8, 4) is 0 Å². The molecule has 1 atom stereocenters. The van der Waals surface area contributed by atoms with Crippen LogP contribution in [0.15, 0.2) is 23.1 Å². The Morgan fingerprint density at radius 2 is 2.20 bits per heavy atom. The number of benzene rings is 1. The zero-order valence-electron chi connectivity index (χ0n) is 10.9. The maximum Gasteiger partial charge on any atom is 0.256 e. The zero-order valence-corrected chi connectivity index (χ0v) is 11.7. The van der Waals surface area contributed by atoms with Crippen LogP contribution in [0, 0.1) is 5.82 Å². The van der Waals surface area contributed by atoms with Gasteiger partial charge in [0.1, 0.15) is 5.82 Å². The number of amides is 1. The van der Waals surface area contributed by atoms with Crippen LogP contribution in [0.25, 0.3) is 0 Å². The van der Waals surface area contributed by atoms with Gasteiger partial charge in [-0.2, -0.15) is 0 Å². The van der Waals surface area contributed by atoms with E-state index in [2.05, 4.69) is 0 Å². The van der Waals surface area contributed by atoms with Crippen molar-refractivity contribution in [3.05, 3.63) is 29.6 Å². The first kappa shape index (κ1) is 14.9. The van der Waals surface area contributed by atoms with Crippen molar-refractivity contribution in [2.75, 3.05) is 20.3 Å². The SMILES string of the molecule is CN(C(=O)c1cc(S(N)(=O)=O)ccc1F)C1CCOC1. The summed E-state index contributed by atoms with van der Waals surface area (Å²) in [6.07, 6.45) is 0.665. The molecule has 1 unspecified atom stereocenters. The molecule has 6 nitrogen and oxygen atoms in total. The van der Waals surface area contributed by atoms with Gasteiger partial charge in [-0.15, -0.1) is 0 Å². The smallest absolute Gasteiger partial charge is 0.256 e. The second kappa shape index (κ2) is 5.47. The Morgan fingerprint density at radius 3 is 2.75 bits per heavy atom. The Hall–Kier alpha value is -1.51. The van der Waals surface area contributed by atoms with Crippen LogP contribution in [-0.4, -0.2) is 45.5 Å². The summed E-state index contributed by atoms with van der Waals surface area (Å²) in [5.41, 5.74) is -0.314. The fraction of sp³-hybridized carbons (Fsp3) is 0.417. The molecule has 20 heavy (non-hydrogen) atoms. The number of carbonyl (C=O) groups is 1. The van der Waals surface area contributed by atoms with E-state index in [1.54, 1.807) is 0 Å². The minimum Gasteiger partial charge on any atom is -0.379 e. The monoisotopic (exact) mass is 302 g/mol. The van der Waals surface area contributed by atoms with E-state index in [-0.39, 0.29) is 16.5 Å². The lowest BCUT2D eigenvalue weighted by atomic mass is 10.1. The molecule has 110 valence electrons. The first-order valence-corrected chi connectivity index (χ1v) is 7.52. The molecular weight excluding hydrogens is 287 g/mol. The number of ether oxygens (including phenoxy) is 1. The fourth-order valence-corrected chi connectivity index (χ4v) is 2.57. The summed E-state index contributed by atoms with van der Waals surface area (Å²) in [5.74, 6) is -1.38. The van der Waals surface area contributed by atoms with Crippen LogP contribution >= 0.6 is 0 Å². The van der Waals surface area contributed by atoms with Gasteiger partial charge in [0.25, 0.3) is 5.91 Å². The number of likely N-dealkylation sites (N-methyl/N-ethyl adjacent to an activating group) is 1. The van der Waals surface area contributed by atoms with Crippen LogP contribution in [-0.2, 0) is 14.8 Å². The Balaban J connectivity index is 2.33.